The third kappa shape index (κ3) is 2.59. The van der Waals surface area contributed by atoms with Crippen molar-refractivity contribution in [2.75, 3.05) is 0 Å². The lowest BCUT2D eigenvalue weighted by Gasteiger charge is -2.12. The molecule has 1 fully saturated rings. The van der Waals surface area contributed by atoms with Gasteiger partial charge in [-0.15, -0.1) is 11.8 Å². The summed E-state index contributed by atoms with van der Waals surface area (Å²) in [7, 11) is 0. The minimum absolute atomic E-state index is 0.110. The number of nitrogen functional groups attached to an aromatic ring is 1. The summed E-state index contributed by atoms with van der Waals surface area (Å²) in [6, 6.07) is 9.99. The number of hydrogen-bond acceptors (Lipinski definition) is 3. The van der Waals surface area contributed by atoms with Crippen molar-refractivity contribution < 1.29 is 0 Å². The first-order valence-electron chi connectivity index (χ1n) is 6.65. The third-order valence-corrected chi connectivity index (χ3v) is 4.90. The fraction of sp³-hybridized carbons (Fsp3) is 0.333. The maximum absolute atomic E-state index is 7.75. The van der Waals surface area contributed by atoms with Crippen LogP contribution in [0.5, 0.6) is 0 Å². The van der Waals surface area contributed by atoms with E-state index in [0.29, 0.717) is 5.25 Å². The van der Waals surface area contributed by atoms with E-state index in [2.05, 4.69) is 0 Å². The molecule has 1 saturated carbocycles. The molecule has 3 N–H and O–H groups in total. The van der Waals surface area contributed by atoms with Crippen molar-refractivity contribution in [1.29, 1.82) is 5.41 Å². The van der Waals surface area contributed by atoms with Crippen LogP contribution >= 0.6 is 11.8 Å². The van der Waals surface area contributed by atoms with Crippen molar-refractivity contribution in [1.82, 2.24) is 4.98 Å². The quantitative estimate of drug-likeness (QED) is 0.663. The Kier molecular flexibility index (Phi) is 3.42. The highest BCUT2D eigenvalue weighted by atomic mass is 32.2. The third-order valence-electron chi connectivity index (χ3n) is 3.56. The van der Waals surface area contributed by atoms with Crippen LogP contribution in [0.2, 0.25) is 0 Å². The molecule has 0 aliphatic heterocycles. The van der Waals surface area contributed by atoms with Crippen molar-refractivity contribution in [2.45, 2.75) is 36.0 Å². The molecule has 4 heteroatoms. The number of aromatic nitrogens is 1. The van der Waals surface area contributed by atoms with Gasteiger partial charge >= 0.3 is 0 Å². The molecule has 3 nitrogen and oxygen atoms in total. The summed E-state index contributed by atoms with van der Waals surface area (Å²) in [6.07, 6.45) is 5.11. The van der Waals surface area contributed by atoms with E-state index in [1.165, 1.54) is 25.7 Å². The van der Waals surface area contributed by atoms with Crippen molar-refractivity contribution in [3.63, 3.8) is 0 Å². The lowest BCUT2D eigenvalue weighted by molar-refractivity contribution is 0.886. The van der Waals surface area contributed by atoms with E-state index in [4.69, 9.17) is 16.1 Å². The molecule has 98 valence electrons. The van der Waals surface area contributed by atoms with Gasteiger partial charge in [-0.1, -0.05) is 31.0 Å². The summed E-state index contributed by atoms with van der Waals surface area (Å²) in [5.41, 5.74) is 7.46. The van der Waals surface area contributed by atoms with Crippen LogP contribution in [0.15, 0.2) is 35.4 Å². The predicted molar refractivity (Wildman–Crippen MR) is 80.9 cm³/mol. The summed E-state index contributed by atoms with van der Waals surface area (Å²) in [5.74, 6) is 0.110. The number of amidine groups is 1. The van der Waals surface area contributed by atoms with Crippen molar-refractivity contribution in [3.05, 3.63) is 35.9 Å². The van der Waals surface area contributed by atoms with E-state index in [1.807, 2.05) is 30.3 Å². The maximum atomic E-state index is 7.75. The summed E-state index contributed by atoms with van der Waals surface area (Å²) in [4.78, 5) is 4.70. The lowest BCUT2D eigenvalue weighted by atomic mass is 10.1. The molecular formula is C15H17N3S. The minimum atomic E-state index is 0.110. The van der Waals surface area contributed by atoms with Crippen LogP contribution in [0, 0.1) is 5.41 Å². The monoisotopic (exact) mass is 271 g/mol. The van der Waals surface area contributed by atoms with Gasteiger partial charge < -0.3 is 5.73 Å². The molecule has 0 amide bonds. The SMILES string of the molecule is N=C(N)c1cc2ccccc2nc1SC1CCCC1. The van der Waals surface area contributed by atoms with Crippen molar-refractivity contribution >= 4 is 28.5 Å². The molecule has 1 aromatic carbocycles. The van der Waals surface area contributed by atoms with E-state index in [1.54, 1.807) is 11.8 Å². The van der Waals surface area contributed by atoms with Crippen LogP contribution in [-0.2, 0) is 0 Å². The fourth-order valence-corrected chi connectivity index (χ4v) is 3.88. The molecular weight excluding hydrogens is 254 g/mol. The topological polar surface area (TPSA) is 62.8 Å². The number of para-hydroxylation sites is 1. The average molecular weight is 271 g/mol. The van der Waals surface area contributed by atoms with Gasteiger partial charge in [-0.3, -0.25) is 5.41 Å². The molecule has 1 aromatic heterocycles. The number of nitrogens with two attached hydrogens (primary N) is 1. The van der Waals surface area contributed by atoms with Gasteiger partial charge in [0.2, 0.25) is 0 Å². The van der Waals surface area contributed by atoms with Gasteiger partial charge in [0.05, 0.1) is 5.52 Å². The number of pyridine rings is 1. The van der Waals surface area contributed by atoms with Crippen LogP contribution in [0.4, 0.5) is 0 Å². The summed E-state index contributed by atoms with van der Waals surface area (Å²) >= 11 is 1.79. The zero-order valence-electron chi connectivity index (χ0n) is 10.7. The molecule has 0 spiro atoms. The highest BCUT2D eigenvalue weighted by Crippen LogP contribution is 2.36. The second-order valence-corrected chi connectivity index (χ2v) is 6.26. The predicted octanol–water partition coefficient (Wildman–Crippen LogP) is 3.55. The van der Waals surface area contributed by atoms with E-state index in [0.717, 1.165) is 21.5 Å². The van der Waals surface area contributed by atoms with E-state index < -0.39 is 0 Å². The average Bonchev–Trinajstić information content (AvgIpc) is 2.90. The Labute approximate surface area is 117 Å². The summed E-state index contributed by atoms with van der Waals surface area (Å²) < 4.78 is 0. The molecule has 0 bridgehead atoms. The Bertz CT molecular complexity index is 618. The normalized spacial score (nSPS) is 16.0. The minimum Gasteiger partial charge on any atom is -0.384 e. The molecule has 1 heterocycles. The lowest BCUT2D eigenvalue weighted by Crippen LogP contribution is -2.14. The van der Waals surface area contributed by atoms with Gasteiger partial charge in [0.1, 0.15) is 10.9 Å². The second-order valence-electron chi connectivity index (χ2n) is 4.97. The molecule has 1 aliphatic carbocycles. The molecule has 0 saturated heterocycles. The van der Waals surface area contributed by atoms with Gasteiger partial charge in [-0.25, -0.2) is 4.98 Å². The second kappa shape index (κ2) is 5.21. The Morgan fingerprint density at radius 3 is 2.74 bits per heavy atom. The molecule has 1 aliphatic rings. The number of nitrogens with zero attached hydrogens (tertiary/aromatic N) is 1. The molecule has 3 rings (SSSR count). The fourth-order valence-electron chi connectivity index (χ4n) is 2.55. The van der Waals surface area contributed by atoms with Gasteiger partial charge in [0.15, 0.2) is 0 Å². The van der Waals surface area contributed by atoms with E-state index in [-0.39, 0.29) is 5.84 Å². The van der Waals surface area contributed by atoms with Crippen LogP contribution in [0.3, 0.4) is 0 Å². The van der Waals surface area contributed by atoms with Crippen LogP contribution < -0.4 is 5.73 Å². The van der Waals surface area contributed by atoms with Crippen molar-refractivity contribution in [2.24, 2.45) is 5.73 Å². The van der Waals surface area contributed by atoms with Gasteiger partial charge in [0.25, 0.3) is 0 Å². The number of rotatable bonds is 3. The number of fused-ring (bicyclic) bond motifs is 1. The smallest absolute Gasteiger partial charge is 0.125 e. The number of hydrogen-bond donors (Lipinski definition) is 2. The number of benzene rings is 1. The Morgan fingerprint density at radius 2 is 2.00 bits per heavy atom. The zero-order chi connectivity index (χ0) is 13.2. The van der Waals surface area contributed by atoms with Crippen LogP contribution in [-0.4, -0.2) is 16.1 Å². The van der Waals surface area contributed by atoms with E-state index >= 15 is 0 Å². The van der Waals surface area contributed by atoms with Crippen LogP contribution in [0.25, 0.3) is 10.9 Å². The largest absolute Gasteiger partial charge is 0.384 e. The molecule has 2 aromatic rings. The highest BCUT2D eigenvalue weighted by Gasteiger charge is 2.19. The molecule has 0 unspecified atom stereocenters. The summed E-state index contributed by atoms with van der Waals surface area (Å²) in [6.45, 7) is 0. The van der Waals surface area contributed by atoms with Gasteiger partial charge in [-0.05, 0) is 25.0 Å². The van der Waals surface area contributed by atoms with Crippen LogP contribution in [0.1, 0.15) is 31.2 Å². The van der Waals surface area contributed by atoms with E-state index in [9.17, 15) is 0 Å². The molecule has 19 heavy (non-hydrogen) atoms. The molecule has 0 atom stereocenters. The Morgan fingerprint density at radius 1 is 1.26 bits per heavy atom. The first kappa shape index (κ1) is 12.5. The summed E-state index contributed by atoms with van der Waals surface area (Å²) in [5, 5.41) is 10.3. The Hall–Kier alpha value is -1.55. The number of nitrogens with one attached hydrogen (secondary N) is 1. The molecule has 0 radical (unpaired) electrons. The zero-order valence-corrected chi connectivity index (χ0v) is 11.5. The van der Waals surface area contributed by atoms with Gasteiger partial charge in [-0.2, -0.15) is 0 Å². The van der Waals surface area contributed by atoms with Crippen molar-refractivity contribution in [3.8, 4) is 0 Å². The standard InChI is InChI=1S/C15H17N3S/c16-14(17)12-9-10-5-1-4-8-13(10)18-15(12)19-11-6-2-3-7-11/h1,4-5,8-9,11H,2-3,6-7H2,(H3,16,17). The maximum Gasteiger partial charge on any atom is 0.125 e. The van der Waals surface area contributed by atoms with Gasteiger partial charge in [0, 0.05) is 16.2 Å². The Balaban J connectivity index is 2.04. The number of thioether (sulfide) groups is 1. The highest BCUT2D eigenvalue weighted by molar-refractivity contribution is 8.00. The first-order valence-corrected chi connectivity index (χ1v) is 7.53. The first-order chi connectivity index (χ1) is 9.24.